The van der Waals surface area contributed by atoms with Crippen LogP contribution in [-0.2, 0) is 0 Å². The summed E-state index contributed by atoms with van der Waals surface area (Å²) in [5.74, 6) is 0. The second-order valence-electron chi connectivity index (χ2n) is 6.45. The van der Waals surface area contributed by atoms with Crippen molar-refractivity contribution in [3.8, 4) is 0 Å². The van der Waals surface area contributed by atoms with Gasteiger partial charge in [-0.15, -0.1) is 0 Å². The first-order valence-corrected chi connectivity index (χ1v) is 15.7. The Morgan fingerprint density at radius 1 is 0.846 bits per heavy atom. The number of allylic oxidation sites excluding steroid dienone is 4. The Morgan fingerprint density at radius 3 is 1.96 bits per heavy atom. The topological polar surface area (TPSA) is 101 Å². The van der Waals surface area contributed by atoms with Gasteiger partial charge in [-0.25, -0.2) is 0 Å². The number of nitrogens with zero attached hydrogens (tertiary/aromatic N) is 2. The predicted molar refractivity (Wildman–Crippen MR) is 111 cm³/mol. The molecule has 0 unspecified atom stereocenters. The number of hydrogen-bond acceptors (Lipinski definition) is 6. The molecule has 0 saturated carbocycles. The first kappa shape index (κ1) is 22.4. The second-order valence-corrected chi connectivity index (χ2v) is 13.2. The average molecular weight is 560 g/mol. The van der Waals surface area contributed by atoms with Crippen LogP contribution in [0.5, 0.6) is 0 Å². The third kappa shape index (κ3) is 6.95. The average Bonchev–Trinajstić information content (AvgIpc) is 2.71. The van der Waals surface area contributed by atoms with Crippen LogP contribution in [0.15, 0.2) is 49.2 Å². The van der Waals surface area contributed by atoms with Gasteiger partial charge in [0.2, 0.25) is 0 Å². The molecule has 8 heteroatoms. The van der Waals surface area contributed by atoms with E-state index in [9.17, 15) is 0 Å². The third-order valence-corrected chi connectivity index (χ3v) is 11.9. The van der Waals surface area contributed by atoms with Gasteiger partial charge in [0.05, 0.1) is 0 Å². The summed E-state index contributed by atoms with van der Waals surface area (Å²) < 4.78 is 12.5. The van der Waals surface area contributed by atoms with E-state index in [1.165, 1.54) is 0 Å². The molecule has 2 heterocycles. The van der Waals surface area contributed by atoms with Crippen molar-refractivity contribution in [2.75, 3.05) is 32.7 Å². The molecule has 2 aliphatic rings. The molecule has 6 nitrogen and oxygen atoms in total. The summed E-state index contributed by atoms with van der Waals surface area (Å²) in [5, 5.41) is 7.44. The van der Waals surface area contributed by atoms with Gasteiger partial charge in [-0.1, -0.05) is 0 Å². The molecule has 6 N–H and O–H groups in total. The normalized spacial score (nSPS) is 15.5. The van der Waals surface area contributed by atoms with Crippen LogP contribution < -0.4 is 22.1 Å². The Labute approximate surface area is 179 Å². The van der Waals surface area contributed by atoms with Crippen LogP contribution in [0.3, 0.4) is 0 Å². The molecule has 0 aromatic rings. The second kappa shape index (κ2) is 13.3. The molecule has 0 radical (unpaired) electrons. The summed E-state index contributed by atoms with van der Waals surface area (Å²) in [6, 6.07) is 0. The van der Waals surface area contributed by atoms with Crippen molar-refractivity contribution in [2.45, 2.75) is 31.2 Å². The fourth-order valence-corrected chi connectivity index (χ4v) is 11.3. The van der Waals surface area contributed by atoms with Crippen LogP contribution >= 0.6 is 0 Å². The molecule has 0 aromatic heterocycles. The van der Waals surface area contributed by atoms with Crippen LogP contribution in [0.4, 0.5) is 0 Å². The van der Waals surface area contributed by atoms with E-state index in [-0.39, 0.29) is 5.54 Å². The first-order valence-electron chi connectivity index (χ1n) is 9.50. The molecule has 0 bridgehead atoms. The molecule has 0 aromatic carbocycles. The molecule has 26 heavy (non-hydrogen) atoms. The van der Waals surface area contributed by atoms with E-state index < -0.39 is 45.5 Å². The molecule has 0 fully saturated rings. The minimum atomic E-state index is -1.12. The van der Waals surface area contributed by atoms with E-state index >= 15 is 0 Å². The molecule has 0 aliphatic carbocycles. The van der Waals surface area contributed by atoms with Gasteiger partial charge in [0.15, 0.2) is 0 Å². The van der Waals surface area contributed by atoms with Crippen LogP contribution in [0, 0.1) is 0 Å². The molecule has 0 amide bonds. The number of hydrogen-bond donors (Lipinski definition) is 4. The third-order valence-electron chi connectivity index (χ3n) is 4.58. The Hall–Kier alpha value is 0.140. The SMILES string of the molecule is NCCCNCCCC(NCCCN)([C]1=CC=C[N]=[In]1)[C]1=CC=C[N]=[In]1. The van der Waals surface area contributed by atoms with Crippen LogP contribution in [-0.4, -0.2) is 83.7 Å². The van der Waals surface area contributed by atoms with Gasteiger partial charge < -0.3 is 0 Å². The Kier molecular flexibility index (Phi) is 11.5. The monoisotopic (exact) mass is 560 g/mol. The summed E-state index contributed by atoms with van der Waals surface area (Å²) in [6.07, 6.45) is 17.1. The summed E-state index contributed by atoms with van der Waals surface area (Å²) in [4.78, 5) is 0. The van der Waals surface area contributed by atoms with Gasteiger partial charge >= 0.3 is 181 Å². The molecule has 138 valence electrons. The van der Waals surface area contributed by atoms with Crippen molar-refractivity contribution in [1.82, 2.24) is 10.6 Å². The summed E-state index contributed by atoms with van der Waals surface area (Å²) in [5.41, 5.74) is 11.3. The Balaban J connectivity index is 2.18. The molecule has 0 saturated heterocycles. The zero-order valence-corrected chi connectivity index (χ0v) is 22.1. The number of nitrogens with two attached hydrogens (primary N) is 2. The van der Waals surface area contributed by atoms with Crippen molar-refractivity contribution in [1.29, 1.82) is 0 Å². The van der Waals surface area contributed by atoms with Gasteiger partial charge in [-0.2, -0.15) is 0 Å². The van der Waals surface area contributed by atoms with E-state index in [2.05, 4.69) is 34.9 Å². The van der Waals surface area contributed by atoms with Gasteiger partial charge in [0.1, 0.15) is 0 Å². The molecule has 0 atom stereocenters. The summed E-state index contributed by atoms with van der Waals surface area (Å²) >= 11 is -2.25. The van der Waals surface area contributed by atoms with E-state index in [0.29, 0.717) is 0 Å². The van der Waals surface area contributed by atoms with Gasteiger partial charge in [-0.3, -0.25) is 0 Å². The fraction of sp³-hybridized carbons (Fsp3) is 0.556. The quantitative estimate of drug-likeness (QED) is 0.253. The summed E-state index contributed by atoms with van der Waals surface area (Å²) in [7, 11) is 0. The standard InChI is InChI=1S/C18H30N6.2In/c19-11-3-1-8-18(9-2-4-12-20,24-17-7-14-22)10-5-15-23-16-6-13-21;;/h1-4,11-12,23-24H,5-7,10,13-17,21-22H2;;. The van der Waals surface area contributed by atoms with Crippen molar-refractivity contribution in [3.63, 3.8) is 0 Å². The van der Waals surface area contributed by atoms with Gasteiger partial charge in [0, 0.05) is 0 Å². The van der Waals surface area contributed by atoms with Crippen molar-refractivity contribution < 1.29 is 0 Å². The molecule has 0 spiro atoms. The van der Waals surface area contributed by atoms with Crippen molar-refractivity contribution in [3.05, 3.63) is 43.4 Å². The van der Waals surface area contributed by atoms with Crippen LogP contribution in [0.2, 0.25) is 0 Å². The summed E-state index contributed by atoms with van der Waals surface area (Å²) in [6.45, 7) is 4.45. The van der Waals surface area contributed by atoms with Crippen LogP contribution in [0.25, 0.3) is 0 Å². The van der Waals surface area contributed by atoms with Crippen LogP contribution in [0.1, 0.15) is 25.7 Å². The minimum absolute atomic E-state index is 0.0323. The van der Waals surface area contributed by atoms with E-state index in [0.717, 1.165) is 58.4 Å². The van der Waals surface area contributed by atoms with E-state index in [1.54, 1.807) is 6.66 Å². The molecular formula is C18H30In2N6. The molecule has 2 aliphatic heterocycles. The Bertz CT molecular complexity index is 569. The first-order chi connectivity index (χ1) is 12.8. The fourth-order valence-electron chi connectivity index (χ4n) is 3.21. The van der Waals surface area contributed by atoms with Gasteiger partial charge in [-0.05, 0) is 0 Å². The van der Waals surface area contributed by atoms with Crippen molar-refractivity contribution >= 4 is 45.5 Å². The van der Waals surface area contributed by atoms with Gasteiger partial charge in [0.25, 0.3) is 0 Å². The van der Waals surface area contributed by atoms with E-state index in [1.807, 2.05) is 12.4 Å². The molecule has 2 rings (SSSR count). The Morgan fingerprint density at radius 2 is 1.42 bits per heavy atom. The predicted octanol–water partition coefficient (Wildman–Crippen LogP) is 0.980. The zero-order chi connectivity index (χ0) is 18.5. The number of rotatable bonds is 13. The maximum absolute atomic E-state index is 5.76. The molecular weight excluding hydrogens is 530 g/mol. The maximum atomic E-state index is 5.76. The van der Waals surface area contributed by atoms with E-state index in [4.69, 9.17) is 17.3 Å². The number of nitrogens with one attached hydrogen (secondary N) is 2. The van der Waals surface area contributed by atoms with Crippen molar-refractivity contribution in [2.24, 2.45) is 17.3 Å². The zero-order valence-electron chi connectivity index (χ0n) is 15.5.